The van der Waals surface area contributed by atoms with Crippen molar-refractivity contribution in [3.63, 3.8) is 0 Å². The van der Waals surface area contributed by atoms with Crippen LogP contribution in [0.25, 0.3) is 10.9 Å². The van der Waals surface area contributed by atoms with Crippen molar-refractivity contribution in [2.24, 2.45) is 11.0 Å². The number of benzene rings is 3. The summed E-state index contributed by atoms with van der Waals surface area (Å²) in [5, 5.41) is 8.53. The van der Waals surface area contributed by atoms with E-state index >= 15 is 0 Å². The van der Waals surface area contributed by atoms with Crippen molar-refractivity contribution >= 4 is 52.1 Å². The van der Waals surface area contributed by atoms with Gasteiger partial charge in [-0.05, 0) is 54.8 Å². The van der Waals surface area contributed by atoms with Crippen LogP contribution in [-0.2, 0) is 11.3 Å². The third kappa shape index (κ3) is 6.06. The van der Waals surface area contributed by atoms with Gasteiger partial charge in [-0.1, -0.05) is 67.4 Å². The second-order valence-electron chi connectivity index (χ2n) is 9.28. The fourth-order valence-electron chi connectivity index (χ4n) is 4.25. The van der Waals surface area contributed by atoms with Gasteiger partial charge in [0.2, 0.25) is 0 Å². The van der Waals surface area contributed by atoms with Gasteiger partial charge in [-0.25, -0.2) is 9.82 Å². The number of hydrogen-bond donors (Lipinski definition) is 2. The van der Waals surface area contributed by atoms with E-state index in [0.29, 0.717) is 11.6 Å². The maximum Gasteiger partial charge on any atom is 0.262 e. The van der Waals surface area contributed by atoms with E-state index in [9.17, 15) is 14.0 Å². The van der Waals surface area contributed by atoms with Crippen LogP contribution in [0.4, 0.5) is 4.39 Å². The number of nitrogens with zero attached hydrogens (tertiary/aromatic N) is 2. The van der Waals surface area contributed by atoms with Gasteiger partial charge in [-0.2, -0.15) is 5.10 Å². The molecule has 196 valence electrons. The maximum atomic E-state index is 13.4. The minimum Gasteiger partial charge on any atom is -0.340 e. The lowest BCUT2D eigenvalue weighted by Gasteiger charge is -2.20. The highest BCUT2D eigenvalue weighted by molar-refractivity contribution is 6.36. The Kier molecular flexibility index (Phi) is 8.49. The Bertz CT molecular complexity index is 1510. The van der Waals surface area contributed by atoms with Gasteiger partial charge in [0.15, 0.2) is 0 Å². The number of nitrogens with one attached hydrogen (secondary N) is 2. The number of halogens is 3. The monoisotopic (exact) mass is 552 g/mol. The van der Waals surface area contributed by atoms with Crippen molar-refractivity contribution in [3.8, 4) is 0 Å². The first-order valence-electron chi connectivity index (χ1n) is 12.1. The first-order chi connectivity index (χ1) is 18.2. The van der Waals surface area contributed by atoms with Crippen LogP contribution in [0.2, 0.25) is 10.0 Å². The Hall–Kier alpha value is -3.68. The molecule has 6 nitrogen and oxygen atoms in total. The zero-order chi connectivity index (χ0) is 27.4. The number of aromatic nitrogens is 1. The van der Waals surface area contributed by atoms with E-state index in [2.05, 4.69) is 20.4 Å². The summed E-state index contributed by atoms with van der Waals surface area (Å²) in [6, 6.07) is 18.0. The van der Waals surface area contributed by atoms with Crippen molar-refractivity contribution in [3.05, 3.63) is 105 Å². The number of fused-ring (bicyclic) bond motifs is 1. The molecule has 1 aromatic heterocycles. The molecule has 0 saturated heterocycles. The Labute approximate surface area is 230 Å². The lowest BCUT2D eigenvalue weighted by atomic mass is 10.0. The summed E-state index contributed by atoms with van der Waals surface area (Å²) in [5.74, 6) is -1.43. The standard InChI is InChI=1S/C29H27Cl2FN4O2/c1-17(2)27(34-28(37)23-13-10-20(30)14-25(23)31)29(38)35-33-15-24-18(3)36(26-7-5-4-6-22(24)26)16-19-8-11-21(32)12-9-19/h4-15,17,27H,16H2,1-3H3,(H,34,37)(H,35,38). The number of carbonyl (C=O) groups excluding carboxylic acids is 2. The van der Waals surface area contributed by atoms with E-state index in [1.54, 1.807) is 24.4 Å². The zero-order valence-corrected chi connectivity index (χ0v) is 22.6. The molecule has 0 aliphatic carbocycles. The molecule has 2 N–H and O–H groups in total. The largest absolute Gasteiger partial charge is 0.340 e. The summed E-state index contributed by atoms with van der Waals surface area (Å²) in [6.07, 6.45) is 1.60. The van der Waals surface area contributed by atoms with E-state index in [1.165, 1.54) is 24.3 Å². The van der Waals surface area contributed by atoms with Crippen LogP contribution >= 0.6 is 23.2 Å². The highest BCUT2D eigenvalue weighted by Crippen LogP contribution is 2.26. The predicted octanol–water partition coefficient (Wildman–Crippen LogP) is 6.35. The summed E-state index contributed by atoms with van der Waals surface area (Å²) in [5.41, 5.74) is 6.53. The number of rotatable bonds is 8. The number of hydrogen-bond acceptors (Lipinski definition) is 3. The number of amides is 2. The summed E-state index contributed by atoms with van der Waals surface area (Å²) in [7, 11) is 0. The van der Waals surface area contributed by atoms with Gasteiger partial charge in [-0.3, -0.25) is 9.59 Å². The highest BCUT2D eigenvalue weighted by Gasteiger charge is 2.25. The van der Waals surface area contributed by atoms with Crippen LogP contribution in [0.3, 0.4) is 0 Å². The molecular formula is C29H27Cl2FN4O2. The fourth-order valence-corrected chi connectivity index (χ4v) is 4.75. The van der Waals surface area contributed by atoms with Gasteiger partial charge in [0, 0.05) is 33.7 Å². The first-order valence-corrected chi connectivity index (χ1v) is 12.8. The lowest BCUT2D eigenvalue weighted by Crippen LogP contribution is -2.48. The molecule has 1 atom stereocenters. The van der Waals surface area contributed by atoms with Crippen molar-refractivity contribution in [2.75, 3.05) is 0 Å². The summed E-state index contributed by atoms with van der Waals surface area (Å²) in [4.78, 5) is 25.7. The first kappa shape index (κ1) is 27.4. The van der Waals surface area contributed by atoms with Crippen molar-refractivity contribution in [1.29, 1.82) is 0 Å². The third-order valence-corrected chi connectivity index (χ3v) is 6.86. The van der Waals surface area contributed by atoms with Crippen molar-refractivity contribution in [2.45, 2.75) is 33.4 Å². The molecule has 0 saturated carbocycles. The summed E-state index contributed by atoms with van der Waals surface area (Å²) >= 11 is 12.1. The molecule has 1 unspecified atom stereocenters. The molecule has 0 bridgehead atoms. The Morgan fingerprint density at radius 3 is 2.45 bits per heavy atom. The van der Waals surface area contributed by atoms with Gasteiger partial charge in [0.1, 0.15) is 11.9 Å². The lowest BCUT2D eigenvalue weighted by molar-refractivity contribution is -0.123. The van der Waals surface area contributed by atoms with Crippen molar-refractivity contribution < 1.29 is 14.0 Å². The van der Waals surface area contributed by atoms with Gasteiger partial charge in [-0.15, -0.1) is 0 Å². The summed E-state index contributed by atoms with van der Waals surface area (Å²) < 4.78 is 15.5. The quantitative estimate of drug-likeness (QED) is 0.197. The summed E-state index contributed by atoms with van der Waals surface area (Å²) in [6.45, 7) is 6.18. The SMILES string of the molecule is Cc1c(C=NNC(=O)C(NC(=O)c2ccc(Cl)cc2Cl)C(C)C)c2ccccc2n1Cc1ccc(F)cc1. The van der Waals surface area contributed by atoms with Gasteiger partial charge in [0.25, 0.3) is 11.8 Å². The molecule has 0 spiro atoms. The molecule has 3 aromatic carbocycles. The number of hydrazone groups is 1. The van der Waals surface area contributed by atoms with Crippen molar-refractivity contribution in [1.82, 2.24) is 15.3 Å². The highest BCUT2D eigenvalue weighted by atomic mass is 35.5. The number of carbonyl (C=O) groups is 2. The predicted molar refractivity (Wildman–Crippen MR) is 150 cm³/mol. The van der Waals surface area contributed by atoms with E-state index in [1.807, 2.05) is 45.0 Å². The van der Waals surface area contributed by atoms with Crippen LogP contribution in [0.1, 0.15) is 41.0 Å². The molecule has 4 aromatic rings. The van der Waals surface area contributed by atoms with Crippen LogP contribution in [-0.4, -0.2) is 28.6 Å². The van der Waals surface area contributed by atoms with E-state index in [4.69, 9.17) is 23.2 Å². The second kappa shape index (κ2) is 11.8. The molecule has 0 aliphatic rings. The van der Waals surface area contributed by atoms with Gasteiger partial charge < -0.3 is 9.88 Å². The molecule has 2 amide bonds. The fraction of sp³-hybridized carbons (Fsp3) is 0.207. The van der Waals surface area contributed by atoms with Crippen LogP contribution in [0.5, 0.6) is 0 Å². The maximum absolute atomic E-state index is 13.4. The second-order valence-corrected chi connectivity index (χ2v) is 10.1. The molecule has 38 heavy (non-hydrogen) atoms. The molecule has 0 fully saturated rings. The van der Waals surface area contributed by atoms with E-state index < -0.39 is 17.9 Å². The number of para-hydroxylation sites is 1. The molecule has 0 radical (unpaired) electrons. The normalized spacial score (nSPS) is 12.3. The minimum absolute atomic E-state index is 0.198. The Balaban J connectivity index is 1.53. The minimum atomic E-state index is -0.840. The molecular weight excluding hydrogens is 526 g/mol. The van der Waals surface area contributed by atoms with Gasteiger partial charge in [0.05, 0.1) is 16.8 Å². The van der Waals surface area contributed by atoms with Crippen LogP contribution in [0, 0.1) is 18.7 Å². The smallest absolute Gasteiger partial charge is 0.262 e. The zero-order valence-electron chi connectivity index (χ0n) is 21.1. The Morgan fingerprint density at radius 2 is 1.76 bits per heavy atom. The topological polar surface area (TPSA) is 75.5 Å². The Morgan fingerprint density at radius 1 is 1.05 bits per heavy atom. The van der Waals surface area contributed by atoms with Crippen LogP contribution < -0.4 is 10.7 Å². The van der Waals surface area contributed by atoms with E-state index in [-0.39, 0.29) is 22.3 Å². The average molecular weight is 553 g/mol. The van der Waals surface area contributed by atoms with Crippen LogP contribution in [0.15, 0.2) is 71.8 Å². The molecule has 1 heterocycles. The molecule has 9 heteroatoms. The average Bonchev–Trinajstić information content (AvgIpc) is 3.14. The molecule has 0 aliphatic heterocycles. The third-order valence-electron chi connectivity index (χ3n) is 6.31. The van der Waals surface area contributed by atoms with E-state index in [0.717, 1.165) is 27.7 Å². The molecule has 4 rings (SSSR count). The van der Waals surface area contributed by atoms with Gasteiger partial charge >= 0.3 is 0 Å².